The summed E-state index contributed by atoms with van der Waals surface area (Å²) >= 11 is 6.06. The monoisotopic (exact) mass is 717 g/mol. The fraction of sp³-hybridized carbons (Fsp3) is 0.316. The molecular weight excluding hydrogens is 678 g/mol. The van der Waals surface area contributed by atoms with Gasteiger partial charge in [0.2, 0.25) is 5.75 Å². The van der Waals surface area contributed by atoms with Crippen LogP contribution in [-0.2, 0) is 4.84 Å². The number of unbranched alkanes of at least 4 members (excludes halogenated alkanes) is 1. The van der Waals surface area contributed by atoms with Crippen LogP contribution >= 0.6 is 11.6 Å². The smallest absolute Gasteiger partial charge is 0.255 e. The van der Waals surface area contributed by atoms with Gasteiger partial charge in [-0.1, -0.05) is 28.9 Å². The average Bonchev–Trinajstić information content (AvgIpc) is 3.66. The van der Waals surface area contributed by atoms with Gasteiger partial charge < -0.3 is 48.6 Å². The number of amides is 1. The predicted molar refractivity (Wildman–Crippen MR) is 193 cm³/mol. The molecule has 2 N–H and O–H groups in total. The Morgan fingerprint density at radius 2 is 1.39 bits per heavy atom. The molecule has 0 saturated carbocycles. The van der Waals surface area contributed by atoms with Gasteiger partial charge in [0.15, 0.2) is 40.6 Å². The van der Waals surface area contributed by atoms with Crippen LogP contribution < -0.4 is 43.8 Å². The predicted octanol–water partition coefficient (Wildman–Crippen LogP) is 7.34. The van der Waals surface area contributed by atoms with E-state index in [2.05, 4.69) is 15.8 Å². The average molecular weight is 718 g/mol. The van der Waals surface area contributed by atoms with Crippen molar-refractivity contribution in [2.75, 3.05) is 54.1 Å². The third-order valence-corrected chi connectivity index (χ3v) is 8.83. The third-order valence-electron chi connectivity index (χ3n) is 8.60. The second kappa shape index (κ2) is 16.0. The maximum Gasteiger partial charge on any atom is 0.255 e. The topological polar surface area (TPSA) is 127 Å². The summed E-state index contributed by atoms with van der Waals surface area (Å²) in [6.45, 7) is 0.912. The van der Waals surface area contributed by atoms with Gasteiger partial charge in [-0.25, -0.2) is 0 Å². The van der Waals surface area contributed by atoms with Gasteiger partial charge in [0.05, 0.1) is 60.0 Å². The number of rotatable bonds is 15. The maximum absolute atomic E-state index is 12.7. The van der Waals surface area contributed by atoms with E-state index in [1.165, 1.54) is 0 Å². The molecule has 2 aliphatic rings. The van der Waals surface area contributed by atoms with E-state index in [9.17, 15) is 4.79 Å². The van der Waals surface area contributed by atoms with E-state index >= 15 is 0 Å². The standard InChI is InChI=1S/C38H40ClN3O9/c1-44-32-17-22(37-40-27-13-12-24(39)20-26(27)38(43)41-37)11-14-29(32)49-15-6-7-16-50-30-10-8-9-25(35(30)47-4)28-21-31(51-42-28)23-18-33(45-2)36(48-5)34(19-23)46-3/h8-14,17-20,31,37,40H,6-7,15-16,21H2,1-5H3,(H,41,43). The van der Waals surface area contributed by atoms with Crippen molar-refractivity contribution in [2.45, 2.75) is 31.5 Å². The van der Waals surface area contributed by atoms with Crippen molar-refractivity contribution >= 4 is 28.9 Å². The Balaban J connectivity index is 1.01. The molecular formula is C38H40ClN3O9. The Kier molecular flexibility index (Phi) is 11.1. The Hall–Kier alpha value is -5.49. The number of anilines is 1. The van der Waals surface area contributed by atoms with E-state index in [4.69, 9.17) is 49.6 Å². The molecule has 51 heavy (non-hydrogen) atoms. The summed E-state index contributed by atoms with van der Waals surface area (Å²) in [5.41, 5.74) is 4.41. The maximum atomic E-state index is 12.7. The van der Waals surface area contributed by atoms with E-state index in [-0.39, 0.29) is 12.0 Å². The van der Waals surface area contributed by atoms with E-state index in [1.54, 1.807) is 53.7 Å². The molecule has 0 aliphatic carbocycles. The highest BCUT2D eigenvalue weighted by atomic mass is 35.5. The van der Waals surface area contributed by atoms with Crippen molar-refractivity contribution in [1.82, 2.24) is 5.32 Å². The van der Waals surface area contributed by atoms with Crippen LogP contribution in [0.4, 0.5) is 5.69 Å². The normalized spacial score (nSPS) is 16.1. The number of carbonyl (C=O) groups excluding carboxylic acids is 1. The van der Waals surface area contributed by atoms with Gasteiger partial charge >= 0.3 is 0 Å². The van der Waals surface area contributed by atoms with Crippen LogP contribution in [0.15, 0.2) is 71.9 Å². The number of methoxy groups -OCH3 is 5. The molecule has 2 unspecified atom stereocenters. The molecule has 0 spiro atoms. The first kappa shape index (κ1) is 35.3. The lowest BCUT2D eigenvalue weighted by molar-refractivity contribution is 0.0853. The van der Waals surface area contributed by atoms with Crippen molar-refractivity contribution in [1.29, 1.82) is 0 Å². The molecule has 6 rings (SSSR count). The first-order chi connectivity index (χ1) is 24.9. The minimum atomic E-state index is -0.432. The number of hydrogen-bond donors (Lipinski definition) is 2. The number of oxime groups is 1. The number of nitrogens with zero attached hydrogens (tertiary/aromatic N) is 1. The molecule has 13 heteroatoms. The first-order valence-electron chi connectivity index (χ1n) is 16.4. The lowest BCUT2D eigenvalue weighted by Gasteiger charge is -2.28. The second-order valence-electron chi connectivity index (χ2n) is 11.7. The Morgan fingerprint density at radius 3 is 2.08 bits per heavy atom. The summed E-state index contributed by atoms with van der Waals surface area (Å²) in [4.78, 5) is 18.5. The number of halogens is 1. The Morgan fingerprint density at radius 1 is 0.706 bits per heavy atom. The molecule has 12 nitrogen and oxygen atoms in total. The van der Waals surface area contributed by atoms with E-state index < -0.39 is 6.17 Å². The van der Waals surface area contributed by atoms with Crippen molar-refractivity contribution in [3.05, 3.63) is 94.0 Å². The molecule has 0 bridgehead atoms. The molecule has 0 saturated heterocycles. The minimum Gasteiger partial charge on any atom is -0.493 e. The SMILES string of the molecule is COc1cc(C2NC(=O)c3cc(Cl)ccc3N2)ccc1OCCCCOc1cccc(C2=NOC(c3cc(OC)c(OC)c(OC)c3)C2)c1OC. The number of nitrogens with one attached hydrogen (secondary N) is 2. The fourth-order valence-corrected chi connectivity index (χ4v) is 6.19. The molecule has 2 heterocycles. The second-order valence-corrected chi connectivity index (χ2v) is 12.1. The number of para-hydroxylation sites is 1. The molecule has 0 radical (unpaired) electrons. The summed E-state index contributed by atoms with van der Waals surface area (Å²) in [7, 11) is 7.92. The zero-order chi connectivity index (χ0) is 35.9. The van der Waals surface area contributed by atoms with Crippen molar-refractivity contribution in [2.24, 2.45) is 5.16 Å². The lowest BCUT2D eigenvalue weighted by atomic mass is 9.98. The number of hydrogen-bond acceptors (Lipinski definition) is 11. The molecule has 2 atom stereocenters. The number of fused-ring (bicyclic) bond motifs is 1. The van der Waals surface area contributed by atoms with Crippen molar-refractivity contribution in [3.63, 3.8) is 0 Å². The van der Waals surface area contributed by atoms with E-state index in [0.717, 1.165) is 35.2 Å². The fourth-order valence-electron chi connectivity index (χ4n) is 6.02. The van der Waals surface area contributed by atoms with Gasteiger partial charge in [-0.3, -0.25) is 4.79 Å². The molecule has 0 aromatic heterocycles. The lowest BCUT2D eigenvalue weighted by Crippen LogP contribution is -2.38. The van der Waals surface area contributed by atoms with E-state index in [1.807, 2.05) is 48.5 Å². The van der Waals surface area contributed by atoms with Gasteiger partial charge in [0.1, 0.15) is 6.17 Å². The van der Waals surface area contributed by atoms with Gasteiger partial charge in [0, 0.05) is 28.3 Å². The first-order valence-corrected chi connectivity index (χ1v) is 16.8. The van der Waals surface area contributed by atoms with Crippen LogP contribution in [0.1, 0.15) is 58.6 Å². The van der Waals surface area contributed by atoms with Crippen LogP contribution in [0.3, 0.4) is 0 Å². The van der Waals surface area contributed by atoms with Gasteiger partial charge in [0.25, 0.3) is 5.91 Å². The molecule has 2 aliphatic heterocycles. The largest absolute Gasteiger partial charge is 0.493 e. The minimum absolute atomic E-state index is 0.204. The third kappa shape index (κ3) is 7.65. The summed E-state index contributed by atoms with van der Waals surface area (Å²) in [6.07, 6.45) is 1.21. The van der Waals surface area contributed by atoms with Crippen LogP contribution in [0.5, 0.6) is 40.2 Å². The zero-order valence-electron chi connectivity index (χ0n) is 29.0. The number of benzene rings is 4. The highest BCUT2D eigenvalue weighted by molar-refractivity contribution is 6.31. The molecule has 4 aromatic rings. The van der Waals surface area contributed by atoms with Crippen LogP contribution in [0.25, 0.3) is 0 Å². The van der Waals surface area contributed by atoms with Gasteiger partial charge in [-0.05, 0) is 73.0 Å². The van der Waals surface area contributed by atoms with Crippen LogP contribution in [0.2, 0.25) is 5.02 Å². The Bertz CT molecular complexity index is 1890. The summed E-state index contributed by atoms with van der Waals surface area (Å²) in [5.74, 6) is 3.76. The molecule has 4 aromatic carbocycles. The van der Waals surface area contributed by atoms with Gasteiger partial charge in [-0.2, -0.15) is 0 Å². The van der Waals surface area contributed by atoms with Crippen LogP contribution in [0, 0.1) is 0 Å². The Labute approximate surface area is 301 Å². The molecule has 1 amide bonds. The van der Waals surface area contributed by atoms with Crippen molar-refractivity contribution in [3.8, 4) is 40.2 Å². The highest BCUT2D eigenvalue weighted by Gasteiger charge is 2.29. The highest BCUT2D eigenvalue weighted by Crippen LogP contribution is 2.43. The zero-order valence-corrected chi connectivity index (χ0v) is 29.8. The van der Waals surface area contributed by atoms with E-state index in [0.29, 0.717) is 76.2 Å². The summed E-state index contributed by atoms with van der Waals surface area (Å²) in [6, 6.07) is 20.2. The number of carbonyl (C=O) groups is 1. The molecule has 0 fully saturated rings. The molecule has 268 valence electrons. The van der Waals surface area contributed by atoms with Crippen LogP contribution in [-0.4, -0.2) is 60.4 Å². The quantitative estimate of drug-likeness (QED) is 0.121. The summed E-state index contributed by atoms with van der Waals surface area (Å²) in [5, 5.41) is 11.2. The van der Waals surface area contributed by atoms with Crippen molar-refractivity contribution < 1.29 is 42.8 Å². The van der Waals surface area contributed by atoms with Gasteiger partial charge in [-0.15, -0.1) is 0 Å². The summed E-state index contributed by atoms with van der Waals surface area (Å²) < 4.78 is 40.1. The number of ether oxygens (including phenoxy) is 7.